The summed E-state index contributed by atoms with van der Waals surface area (Å²) in [6.45, 7) is 7.35. The van der Waals surface area contributed by atoms with Gasteiger partial charge in [0.05, 0.1) is 6.57 Å². The van der Waals surface area contributed by atoms with Gasteiger partial charge in [0.25, 0.3) is 0 Å². The Bertz CT molecular complexity index is 2990. The van der Waals surface area contributed by atoms with Crippen LogP contribution in [-0.2, 0) is 0 Å². The zero-order valence-corrected chi connectivity index (χ0v) is 28.4. The van der Waals surface area contributed by atoms with Crippen LogP contribution in [0.5, 0.6) is 0 Å². The number of rotatable bonds is 5. The highest BCUT2D eigenvalue weighted by Crippen LogP contribution is 2.43. The van der Waals surface area contributed by atoms with Crippen LogP contribution in [0.3, 0.4) is 0 Å². The molecule has 0 saturated carbocycles. The van der Waals surface area contributed by atoms with Crippen molar-refractivity contribution in [2.45, 2.75) is 0 Å². The van der Waals surface area contributed by atoms with E-state index in [4.69, 9.17) is 25.9 Å². The molecule has 246 valence electrons. The third-order valence-electron chi connectivity index (χ3n) is 9.92. The first-order chi connectivity index (χ1) is 26.2. The molecular formula is C48H28N4O. The largest absolute Gasteiger partial charge is 0.455 e. The summed E-state index contributed by atoms with van der Waals surface area (Å²) < 4.78 is 6.68. The highest BCUT2D eigenvalue weighted by atomic mass is 16.3. The van der Waals surface area contributed by atoms with Crippen LogP contribution >= 0.6 is 0 Å². The maximum atomic E-state index is 7.35. The quantitative estimate of drug-likeness (QED) is 0.134. The van der Waals surface area contributed by atoms with E-state index in [0.717, 1.165) is 82.4 Å². The van der Waals surface area contributed by atoms with Gasteiger partial charge >= 0.3 is 0 Å². The van der Waals surface area contributed by atoms with Gasteiger partial charge in [-0.05, 0) is 62.7 Å². The Balaban J connectivity index is 1.14. The average molecular weight is 677 g/mol. The van der Waals surface area contributed by atoms with Crippen molar-refractivity contribution < 1.29 is 4.42 Å². The predicted molar refractivity (Wildman–Crippen MR) is 216 cm³/mol. The molecule has 10 aromatic rings. The van der Waals surface area contributed by atoms with E-state index in [9.17, 15) is 0 Å². The van der Waals surface area contributed by atoms with E-state index in [-0.39, 0.29) is 0 Å². The standard InChI is InChI=1S/C48H28N4O/c1-49-37-23-19-30(20-24-37)34-21-25-38-39-26-22-35(29-42(39)45-44(41(38)28-34)40-17-8-9-18-43(40)53-45)33-15-10-16-36(27-33)48-51-46(31-11-4-2-5-12-31)50-47(52-48)32-13-6-3-7-14-32/h2-29H. The predicted octanol–water partition coefficient (Wildman–Crippen LogP) is 13.0. The van der Waals surface area contributed by atoms with Crippen molar-refractivity contribution in [3.8, 4) is 56.4 Å². The maximum absolute atomic E-state index is 7.35. The lowest BCUT2D eigenvalue weighted by molar-refractivity contribution is 0.673. The molecule has 0 N–H and O–H groups in total. The molecule has 0 amide bonds. The lowest BCUT2D eigenvalue weighted by Gasteiger charge is -2.12. The van der Waals surface area contributed by atoms with Gasteiger partial charge in [0.15, 0.2) is 23.2 Å². The Morgan fingerprint density at radius 2 is 0.887 bits per heavy atom. The van der Waals surface area contributed by atoms with Crippen LogP contribution in [0.2, 0.25) is 0 Å². The van der Waals surface area contributed by atoms with E-state index in [1.54, 1.807) is 0 Å². The first kappa shape index (κ1) is 30.4. The highest BCUT2D eigenvalue weighted by Gasteiger charge is 2.18. The lowest BCUT2D eigenvalue weighted by Crippen LogP contribution is -2.00. The van der Waals surface area contributed by atoms with Gasteiger partial charge in [-0.25, -0.2) is 19.8 Å². The number of hydrogen-bond acceptors (Lipinski definition) is 4. The normalized spacial score (nSPS) is 11.4. The Kier molecular flexibility index (Phi) is 7.12. The Morgan fingerprint density at radius 3 is 1.57 bits per heavy atom. The van der Waals surface area contributed by atoms with Gasteiger partial charge in [0.2, 0.25) is 0 Å². The minimum absolute atomic E-state index is 0.616. The van der Waals surface area contributed by atoms with Gasteiger partial charge in [-0.2, -0.15) is 0 Å². The average Bonchev–Trinajstić information content (AvgIpc) is 3.64. The summed E-state index contributed by atoms with van der Waals surface area (Å²) in [7, 11) is 0. The molecule has 0 fully saturated rings. The lowest BCUT2D eigenvalue weighted by atomic mass is 9.92. The molecule has 8 aromatic carbocycles. The molecule has 2 heterocycles. The molecule has 10 rings (SSSR count). The summed E-state index contributed by atoms with van der Waals surface area (Å²) in [6, 6.07) is 57.8. The first-order valence-electron chi connectivity index (χ1n) is 17.5. The molecule has 0 saturated heterocycles. The van der Waals surface area contributed by atoms with Gasteiger partial charge < -0.3 is 4.42 Å². The van der Waals surface area contributed by atoms with Gasteiger partial charge in [-0.15, -0.1) is 0 Å². The van der Waals surface area contributed by atoms with Crippen molar-refractivity contribution in [2.75, 3.05) is 0 Å². The van der Waals surface area contributed by atoms with Crippen LogP contribution in [0.4, 0.5) is 5.69 Å². The summed E-state index contributed by atoms with van der Waals surface area (Å²) in [5.41, 5.74) is 9.41. The molecule has 0 unspecified atom stereocenters. The van der Waals surface area contributed by atoms with Crippen LogP contribution in [-0.4, -0.2) is 15.0 Å². The SMILES string of the molecule is [C-]#[N+]c1ccc(-c2ccc3c4ccc(-c5cccc(-c6nc(-c7ccccc7)nc(-c7ccccc7)n6)c5)cc4c4oc5ccccc5c4c3c2)cc1. The Morgan fingerprint density at radius 1 is 0.377 bits per heavy atom. The van der Waals surface area contributed by atoms with E-state index < -0.39 is 0 Å². The van der Waals surface area contributed by atoms with Crippen LogP contribution in [0, 0.1) is 6.57 Å². The zero-order valence-electron chi connectivity index (χ0n) is 28.4. The molecule has 0 radical (unpaired) electrons. The van der Waals surface area contributed by atoms with Gasteiger partial charge in [0.1, 0.15) is 11.2 Å². The van der Waals surface area contributed by atoms with Crippen molar-refractivity contribution in [3.05, 3.63) is 181 Å². The molecule has 0 aliphatic rings. The van der Waals surface area contributed by atoms with E-state index in [1.807, 2.05) is 97.1 Å². The molecule has 0 bridgehead atoms. The molecule has 0 spiro atoms. The molecule has 0 aliphatic heterocycles. The van der Waals surface area contributed by atoms with E-state index >= 15 is 0 Å². The van der Waals surface area contributed by atoms with Crippen LogP contribution in [0.1, 0.15) is 0 Å². The van der Waals surface area contributed by atoms with E-state index in [0.29, 0.717) is 23.2 Å². The number of hydrogen-bond donors (Lipinski definition) is 0. The van der Waals surface area contributed by atoms with Crippen molar-refractivity contribution >= 4 is 49.2 Å². The summed E-state index contributed by atoms with van der Waals surface area (Å²) in [4.78, 5) is 18.4. The fourth-order valence-corrected chi connectivity index (χ4v) is 7.32. The minimum Gasteiger partial charge on any atom is -0.455 e. The van der Waals surface area contributed by atoms with Gasteiger partial charge in [-0.1, -0.05) is 146 Å². The fourth-order valence-electron chi connectivity index (χ4n) is 7.32. The number of para-hydroxylation sites is 1. The van der Waals surface area contributed by atoms with Crippen molar-refractivity contribution in [3.63, 3.8) is 0 Å². The fraction of sp³-hybridized carbons (Fsp3) is 0. The number of aromatic nitrogens is 3. The summed E-state index contributed by atoms with van der Waals surface area (Å²) in [5.74, 6) is 1.88. The third kappa shape index (κ3) is 5.29. The zero-order chi connectivity index (χ0) is 35.3. The summed E-state index contributed by atoms with van der Waals surface area (Å²) in [5, 5.41) is 6.66. The Hall–Kier alpha value is -7.42. The van der Waals surface area contributed by atoms with Crippen LogP contribution in [0.25, 0.3) is 105 Å². The first-order valence-corrected chi connectivity index (χ1v) is 17.5. The number of benzene rings is 8. The molecule has 5 heteroatoms. The van der Waals surface area contributed by atoms with E-state index in [1.165, 1.54) is 0 Å². The number of furan rings is 1. The van der Waals surface area contributed by atoms with Crippen molar-refractivity contribution in [1.29, 1.82) is 0 Å². The second-order valence-electron chi connectivity index (χ2n) is 13.1. The molecule has 53 heavy (non-hydrogen) atoms. The van der Waals surface area contributed by atoms with Crippen molar-refractivity contribution in [2.24, 2.45) is 0 Å². The molecule has 5 nitrogen and oxygen atoms in total. The maximum Gasteiger partial charge on any atom is 0.187 e. The number of fused-ring (bicyclic) bond motifs is 8. The highest BCUT2D eigenvalue weighted by molar-refractivity contribution is 6.30. The van der Waals surface area contributed by atoms with Crippen LogP contribution in [0.15, 0.2) is 174 Å². The van der Waals surface area contributed by atoms with Gasteiger partial charge in [0, 0.05) is 32.8 Å². The third-order valence-corrected chi connectivity index (χ3v) is 9.92. The molecule has 0 atom stereocenters. The summed E-state index contributed by atoms with van der Waals surface area (Å²) in [6.07, 6.45) is 0. The molecular weight excluding hydrogens is 649 g/mol. The van der Waals surface area contributed by atoms with Crippen LogP contribution < -0.4 is 0 Å². The Labute approximate surface area is 305 Å². The van der Waals surface area contributed by atoms with Gasteiger partial charge in [-0.3, -0.25) is 0 Å². The molecule has 0 aliphatic carbocycles. The molecule has 2 aromatic heterocycles. The smallest absolute Gasteiger partial charge is 0.187 e. The second kappa shape index (κ2) is 12.4. The van der Waals surface area contributed by atoms with E-state index in [2.05, 4.69) is 77.6 Å². The minimum atomic E-state index is 0.616. The van der Waals surface area contributed by atoms with Crippen molar-refractivity contribution in [1.82, 2.24) is 15.0 Å². The number of nitrogens with zero attached hydrogens (tertiary/aromatic N) is 4. The monoisotopic (exact) mass is 676 g/mol. The second-order valence-corrected chi connectivity index (χ2v) is 13.1. The topological polar surface area (TPSA) is 56.2 Å². The summed E-state index contributed by atoms with van der Waals surface area (Å²) >= 11 is 0.